The predicted molar refractivity (Wildman–Crippen MR) is 98.2 cm³/mol. The van der Waals surface area contributed by atoms with E-state index in [0.717, 1.165) is 38.2 Å². The Morgan fingerprint density at radius 2 is 1.84 bits per heavy atom. The molecule has 6 heteroatoms. The highest BCUT2D eigenvalue weighted by Crippen LogP contribution is 2.28. The van der Waals surface area contributed by atoms with Crippen LogP contribution in [0.25, 0.3) is 0 Å². The highest BCUT2D eigenvalue weighted by molar-refractivity contribution is 7.90. The average Bonchev–Trinajstić information content (AvgIpc) is 2.87. The zero-order chi connectivity index (χ0) is 18.0. The molecule has 5 nitrogen and oxygen atoms in total. The largest absolute Gasteiger partial charge is 0.341 e. The molecule has 3 aliphatic heterocycles. The molecule has 0 saturated carbocycles. The first-order chi connectivity index (χ1) is 11.9. The summed E-state index contributed by atoms with van der Waals surface area (Å²) in [5, 5.41) is 0. The van der Waals surface area contributed by atoms with Gasteiger partial charge < -0.3 is 4.90 Å². The Hall–Kier alpha value is -1.40. The number of carbonyl (C=O) groups is 1. The molecule has 25 heavy (non-hydrogen) atoms. The number of hydrogen-bond donors (Lipinski definition) is 0. The second-order valence-electron chi connectivity index (χ2n) is 7.48. The molecule has 2 atom stereocenters. The van der Waals surface area contributed by atoms with E-state index in [2.05, 4.69) is 11.8 Å². The van der Waals surface area contributed by atoms with Crippen LogP contribution >= 0.6 is 0 Å². The van der Waals surface area contributed by atoms with E-state index < -0.39 is 9.84 Å². The minimum Gasteiger partial charge on any atom is -0.341 e. The number of benzene rings is 1. The summed E-state index contributed by atoms with van der Waals surface area (Å²) in [5.41, 5.74) is 0.874. The number of fused-ring (bicyclic) bond motifs is 4. The summed E-state index contributed by atoms with van der Waals surface area (Å²) >= 11 is 0. The van der Waals surface area contributed by atoms with Crippen molar-refractivity contribution < 1.29 is 13.2 Å². The van der Waals surface area contributed by atoms with Gasteiger partial charge in [-0.15, -0.1) is 0 Å². The zero-order valence-electron chi connectivity index (χ0n) is 15.1. The van der Waals surface area contributed by atoms with E-state index in [1.54, 1.807) is 24.3 Å². The molecule has 0 spiro atoms. The molecule has 1 aromatic carbocycles. The van der Waals surface area contributed by atoms with Crippen molar-refractivity contribution in [1.29, 1.82) is 0 Å². The topological polar surface area (TPSA) is 57.7 Å². The summed E-state index contributed by atoms with van der Waals surface area (Å²) in [5.74, 6) is 0.740. The van der Waals surface area contributed by atoms with Crippen LogP contribution in [0.3, 0.4) is 0 Å². The van der Waals surface area contributed by atoms with Gasteiger partial charge in [0.25, 0.3) is 0 Å². The summed E-state index contributed by atoms with van der Waals surface area (Å²) in [4.78, 5) is 17.7. The number of hydrogen-bond acceptors (Lipinski definition) is 4. The molecular weight excluding hydrogens is 336 g/mol. The molecule has 3 heterocycles. The highest BCUT2D eigenvalue weighted by Gasteiger charge is 2.35. The molecule has 0 radical (unpaired) electrons. The van der Waals surface area contributed by atoms with E-state index in [1.165, 1.54) is 19.1 Å². The van der Waals surface area contributed by atoms with E-state index in [-0.39, 0.29) is 5.91 Å². The first kappa shape index (κ1) is 18.4. The van der Waals surface area contributed by atoms with Crippen molar-refractivity contribution >= 4 is 15.7 Å². The van der Waals surface area contributed by atoms with Gasteiger partial charge in [-0.25, -0.2) is 8.42 Å². The molecule has 3 saturated heterocycles. The number of amides is 1. The fourth-order valence-corrected chi connectivity index (χ4v) is 4.72. The number of nitrogens with zero attached hydrogens (tertiary/aromatic N) is 2. The molecule has 4 rings (SSSR count). The van der Waals surface area contributed by atoms with Crippen LogP contribution in [-0.4, -0.2) is 62.6 Å². The molecule has 2 bridgehead atoms. The van der Waals surface area contributed by atoms with Gasteiger partial charge in [-0.1, -0.05) is 19.1 Å². The van der Waals surface area contributed by atoms with Gasteiger partial charge in [0.2, 0.25) is 5.91 Å². The minimum absolute atomic E-state index is 0.155. The monoisotopic (exact) mass is 364 g/mol. The summed E-state index contributed by atoms with van der Waals surface area (Å²) in [6.45, 7) is 6.14. The van der Waals surface area contributed by atoms with Gasteiger partial charge >= 0.3 is 0 Å². The Balaban J connectivity index is 1.65. The third-order valence-electron chi connectivity index (χ3n) is 5.40. The normalized spacial score (nSPS) is 24.3. The zero-order valence-corrected chi connectivity index (χ0v) is 16.0. The second-order valence-corrected chi connectivity index (χ2v) is 9.50. The maximum atomic E-state index is 12.8. The SMILES string of the molecule is CCCN1C[C@H]2CC[C@@H]1CN(C(=O)Cc1ccc(S(C)(=O)=O)cc1)C2. The first-order valence-electron chi connectivity index (χ1n) is 9.17. The molecular formula is C19H28N2O3S. The molecule has 0 aliphatic carbocycles. The van der Waals surface area contributed by atoms with E-state index in [9.17, 15) is 13.2 Å². The lowest BCUT2D eigenvalue weighted by molar-refractivity contribution is -0.130. The van der Waals surface area contributed by atoms with Gasteiger partial charge in [-0.2, -0.15) is 0 Å². The van der Waals surface area contributed by atoms with Crippen molar-refractivity contribution in [3.8, 4) is 0 Å². The third kappa shape index (κ3) is 4.42. The van der Waals surface area contributed by atoms with E-state index in [1.807, 2.05) is 4.90 Å². The van der Waals surface area contributed by atoms with Crippen molar-refractivity contribution in [3.63, 3.8) is 0 Å². The second kappa shape index (κ2) is 7.46. The van der Waals surface area contributed by atoms with Crippen molar-refractivity contribution in [2.24, 2.45) is 5.92 Å². The predicted octanol–water partition coefficient (Wildman–Crippen LogP) is 1.97. The minimum atomic E-state index is -3.19. The summed E-state index contributed by atoms with van der Waals surface area (Å²) in [7, 11) is -3.19. The van der Waals surface area contributed by atoms with Gasteiger partial charge in [0.15, 0.2) is 9.84 Å². The van der Waals surface area contributed by atoms with Gasteiger partial charge in [-0.05, 0) is 49.4 Å². The molecule has 3 fully saturated rings. The fraction of sp³-hybridized carbons (Fsp3) is 0.632. The molecule has 0 aromatic heterocycles. The quantitative estimate of drug-likeness (QED) is 0.801. The van der Waals surface area contributed by atoms with Crippen molar-refractivity contribution in [3.05, 3.63) is 29.8 Å². The molecule has 3 aliphatic rings. The average molecular weight is 365 g/mol. The van der Waals surface area contributed by atoms with Crippen LogP contribution < -0.4 is 0 Å². The van der Waals surface area contributed by atoms with Crippen molar-refractivity contribution in [2.45, 2.75) is 43.5 Å². The van der Waals surface area contributed by atoms with Crippen LogP contribution in [0, 0.1) is 5.92 Å². The summed E-state index contributed by atoms with van der Waals surface area (Å²) in [6.07, 6.45) is 5.11. The Morgan fingerprint density at radius 1 is 1.12 bits per heavy atom. The van der Waals surface area contributed by atoms with Crippen LogP contribution in [0.15, 0.2) is 29.2 Å². The Labute approximate surface area is 150 Å². The Morgan fingerprint density at radius 3 is 2.48 bits per heavy atom. The Kier molecular flexibility index (Phi) is 5.49. The lowest BCUT2D eigenvalue weighted by atomic mass is 9.95. The van der Waals surface area contributed by atoms with Crippen molar-refractivity contribution in [1.82, 2.24) is 9.80 Å². The van der Waals surface area contributed by atoms with E-state index >= 15 is 0 Å². The number of carbonyl (C=O) groups excluding carboxylic acids is 1. The molecule has 1 aromatic rings. The molecule has 138 valence electrons. The van der Waals surface area contributed by atoms with Gasteiger partial charge in [0, 0.05) is 31.9 Å². The van der Waals surface area contributed by atoms with Crippen LogP contribution in [0.2, 0.25) is 0 Å². The van der Waals surface area contributed by atoms with Crippen LogP contribution in [-0.2, 0) is 21.1 Å². The fourth-order valence-electron chi connectivity index (χ4n) is 4.08. The lowest BCUT2D eigenvalue weighted by Gasteiger charge is -2.35. The maximum Gasteiger partial charge on any atom is 0.227 e. The number of piperidine rings is 1. The van der Waals surface area contributed by atoms with Crippen molar-refractivity contribution in [2.75, 3.05) is 32.4 Å². The standard InChI is InChI=1S/C19H28N2O3S/c1-3-10-20-12-16-4-7-17(20)14-21(13-16)19(22)11-15-5-8-18(9-6-15)25(2,23)24/h5-6,8-9,16-17H,3-4,7,10-14H2,1-2H3/t16-,17-/m1/s1. The third-order valence-corrected chi connectivity index (χ3v) is 6.53. The smallest absolute Gasteiger partial charge is 0.227 e. The van der Waals surface area contributed by atoms with Crippen LogP contribution in [0.5, 0.6) is 0 Å². The Bertz CT molecular complexity index is 715. The van der Waals surface area contributed by atoms with Crippen LogP contribution in [0.4, 0.5) is 0 Å². The lowest BCUT2D eigenvalue weighted by Crippen LogP contribution is -2.44. The van der Waals surface area contributed by atoms with E-state index in [0.29, 0.717) is 23.3 Å². The summed E-state index contributed by atoms with van der Waals surface area (Å²) < 4.78 is 23.1. The maximum absolute atomic E-state index is 12.8. The first-order valence-corrected chi connectivity index (χ1v) is 11.1. The highest BCUT2D eigenvalue weighted by atomic mass is 32.2. The molecule has 0 unspecified atom stereocenters. The van der Waals surface area contributed by atoms with E-state index in [4.69, 9.17) is 0 Å². The number of sulfone groups is 1. The van der Waals surface area contributed by atoms with Gasteiger partial charge in [0.05, 0.1) is 11.3 Å². The van der Waals surface area contributed by atoms with Gasteiger partial charge in [0.1, 0.15) is 0 Å². The summed E-state index contributed by atoms with van der Waals surface area (Å²) in [6, 6.07) is 7.18. The van der Waals surface area contributed by atoms with Crippen LogP contribution in [0.1, 0.15) is 31.7 Å². The molecule has 0 N–H and O–H groups in total. The number of rotatable bonds is 5. The molecule has 1 amide bonds. The van der Waals surface area contributed by atoms with Gasteiger partial charge in [-0.3, -0.25) is 9.69 Å².